The number of ether oxygens (including phenoxy) is 2. The second kappa shape index (κ2) is 9.02. The van der Waals surface area contributed by atoms with Crippen molar-refractivity contribution in [2.24, 2.45) is 0 Å². The Morgan fingerprint density at radius 1 is 1.00 bits per heavy atom. The van der Waals surface area contributed by atoms with Crippen molar-refractivity contribution in [1.29, 1.82) is 0 Å². The molecule has 25 heavy (non-hydrogen) atoms. The van der Waals surface area contributed by atoms with Crippen molar-refractivity contribution < 1.29 is 23.9 Å². The Bertz CT molecular complexity index is 766. The summed E-state index contributed by atoms with van der Waals surface area (Å²) in [5, 5.41) is 2.14. The van der Waals surface area contributed by atoms with Gasteiger partial charge in [-0.1, -0.05) is 30.3 Å². The lowest BCUT2D eigenvalue weighted by atomic mass is 10.2. The Labute approximate surface area is 145 Å². The van der Waals surface area contributed by atoms with Crippen molar-refractivity contribution in [3.63, 3.8) is 0 Å². The summed E-state index contributed by atoms with van der Waals surface area (Å²) < 4.78 is 9.83. The van der Waals surface area contributed by atoms with Crippen molar-refractivity contribution >= 4 is 23.9 Å². The fourth-order valence-corrected chi connectivity index (χ4v) is 1.89. The molecule has 0 aromatic heterocycles. The van der Waals surface area contributed by atoms with Crippen molar-refractivity contribution in [2.45, 2.75) is 0 Å². The summed E-state index contributed by atoms with van der Waals surface area (Å²) in [6, 6.07) is 15.3. The number of benzene rings is 2. The molecule has 0 saturated heterocycles. The predicted molar refractivity (Wildman–Crippen MR) is 91.9 cm³/mol. The van der Waals surface area contributed by atoms with Crippen LogP contribution in [0.2, 0.25) is 0 Å². The first kappa shape index (κ1) is 17.9. The SMILES string of the molecule is COc1ccc(/C=C/C(=O)OCC(=O)NC(=O)c2ccccc2)cc1. The lowest BCUT2D eigenvalue weighted by Crippen LogP contribution is -2.33. The van der Waals surface area contributed by atoms with E-state index >= 15 is 0 Å². The minimum absolute atomic E-state index is 0.349. The van der Waals surface area contributed by atoms with Gasteiger partial charge in [-0.15, -0.1) is 0 Å². The molecule has 0 bridgehead atoms. The van der Waals surface area contributed by atoms with Gasteiger partial charge >= 0.3 is 5.97 Å². The fraction of sp³-hybridized carbons (Fsp3) is 0.105. The fourth-order valence-electron chi connectivity index (χ4n) is 1.89. The van der Waals surface area contributed by atoms with Crippen LogP contribution in [0.4, 0.5) is 0 Å². The molecule has 2 aromatic carbocycles. The number of hydrogen-bond acceptors (Lipinski definition) is 5. The summed E-state index contributed by atoms with van der Waals surface area (Å²) in [5.74, 6) is -1.21. The lowest BCUT2D eigenvalue weighted by Gasteiger charge is -2.04. The topological polar surface area (TPSA) is 81.7 Å². The standard InChI is InChI=1S/C19H17NO5/c1-24-16-10-7-14(8-11-16)9-12-18(22)25-13-17(21)20-19(23)15-5-3-2-4-6-15/h2-12H,13H2,1H3,(H,20,21,23)/b12-9+. The first-order valence-corrected chi connectivity index (χ1v) is 7.46. The second-order valence-corrected chi connectivity index (χ2v) is 4.96. The number of hydrogen-bond donors (Lipinski definition) is 1. The van der Waals surface area contributed by atoms with Gasteiger partial charge in [-0.3, -0.25) is 14.9 Å². The van der Waals surface area contributed by atoms with E-state index in [1.807, 2.05) is 0 Å². The highest BCUT2D eigenvalue weighted by Gasteiger charge is 2.11. The van der Waals surface area contributed by atoms with Gasteiger partial charge in [-0.05, 0) is 35.9 Å². The van der Waals surface area contributed by atoms with Crippen LogP contribution in [0.3, 0.4) is 0 Å². The Morgan fingerprint density at radius 3 is 2.32 bits per heavy atom. The molecular weight excluding hydrogens is 322 g/mol. The van der Waals surface area contributed by atoms with E-state index in [9.17, 15) is 14.4 Å². The molecule has 0 fully saturated rings. The molecule has 0 atom stereocenters. The molecule has 0 aliphatic heterocycles. The smallest absolute Gasteiger partial charge is 0.331 e. The number of imide groups is 1. The monoisotopic (exact) mass is 339 g/mol. The summed E-state index contributed by atoms with van der Waals surface area (Å²) in [6.45, 7) is -0.537. The van der Waals surface area contributed by atoms with Gasteiger partial charge in [0.1, 0.15) is 5.75 Å². The van der Waals surface area contributed by atoms with E-state index in [2.05, 4.69) is 5.32 Å². The minimum atomic E-state index is -0.694. The third kappa shape index (κ3) is 5.95. The zero-order valence-corrected chi connectivity index (χ0v) is 13.6. The molecule has 2 rings (SSSR count). The number of nitrogens with one attached hydrogen (secondary N) is 1. The Morgan fingerprint density at radius 2 is 1.68 bits per heavy atom. The predicted octanol–water partition coefficient (Wildman–Crippen LogP) is 2.21. The van der Waals surface area contributed by atoms with Gasteiger partial charge in [-0.25, -0.2) is 4.79 Å². The number of carbonyl (C=O) groups is 3. The van der Waals surface area contributed by atoms with Crippen LogP contribution >= 0.6 is 0 Å². The van der Waals surface area contributed by atoms with Crippen LogP contribution in [-0.2, 0) is 14.3 Å². The van der Waals surface area contributed by atoms with Crippen molar-refractivity contribution in [2.75, 3.05) is 13.7 Å². The van der Waals surface area contributed by atoms with E-state index in [1.54, 1.807) is 67.8 Å². The molecular formula is C19H17NO5. The van der Waals surface area contributed by atoms with Crippen molar-refractivity contribution in [3.05, 3.63) is 71.8 Å². The summed E-state index contributed by atoms with van der Waals surface area (Å²) >= 11 is 0. The molecule has 2 aromatic rings. The average Bonchev–Trinajstić information content (AvgIpc) is 2.65. The third-order valence-electron chi connectivity index (χ3n) is 3.16. The second-order valence-electron chi connectivity index (χ2n) is 4.96. The van der Waals surface area contributed by atoms with Gasteiger partial charge in [0.05, 0.1) is 7.11 Å². The first-order chi connectivity index (χ1) is 12.1. The molecule has 0 spiro atoms. The summed E-state index contributed by atoms with van der Waals surface area (Å²) in [4.78, 5) is 35.0. The molecule has 0 saturated carbocycles. The van der Waals surface area contributed by atoms with E-state index in [0.29, 0.717) is 11.3 Å². The Balaban J connectivity index is 1.77. The highest BCUT2D eigenvalue weighted by Crippen LogP contribution is 2.12. The highest BCUT2D eigenvalue weighted by atomic mass is 16.5. The van der Waals surface area contributed by atoms with E-state index in [-0.39, 0.29) is 0 Å². The van der Waals surface area contributed by atoms with Crippen molar-refractivity contribution in [3.8, 4) is 5.75 Å². The van der Waals surface area contributed by atoms with Gasteiger partial charge in [0, 0.05) is 11.6 Å². The van der Waals surface area contributed by atoms with E-state index in [1.165, 1.54) is 6.08 Å². The molecule has 0 radical (unpaired) electrons. The van der Waals surface area contributed by atoms with Gasteiger partial charge in [0.2, 0.25) is 0 Å². The largest absolute Gasteiger partial charge is 0.497 e. The molecule has 0 unspecified atom stereocenters. The average molecular weight is 339 g/mol. The minimum Gasteiger partial charge on any atom is -0.497 e. The van der Waals surface area contributed by atoms with E-state index < -0.39 is 24.4 Å². The van der Waals surface area contributed by atoms with Gasteiger partial charge in [0.25, 0.3) is 11.8 Å². The van der Waals surface area contributed by atoms with Crippen LogP contribution in [-0.4, -0.2) is 31.5 Å². The molecule has 1 N–H and O–H groups in total. The lowest BCUT2D eigenvalue weighted by molar-refractivity contribution is -0.143. The summed E-state index contributed by atoms with van der Waals surface area (Å²) in [5.41, 5.74) is 1.13. The van der Waals surface area contributed by atoms with Crippen LogP contribution in [0, 0.1) is 0 Å². The summed E-state index contributed by atoms with van der Waals surface area (Å²) in [6.07, 6.45) is 2.75. The molecule has 2 amide bonds. The van der Waals surface area contributed by atoms with Crippen LogP contribution in [0.1, 0.15) is 15.9 Å². The van der Waals surface area contributed by atoms with Crippen LogP contribution in [0.25, 0.3) is 6.08 Å². The maximum Gasteiger partial charge on any atom is 0.331 e. The third-order valence-corrected chi connectivity index (χ3v) is 3.16. The maximum absolute atomic E-state index is 11.8. The van der Waals surface area contributed by atoms with E-state index in [4.69, 9.17) is 9.47 Å². The van der Waals surface area contributed by atoms with Gasteiger partial charge in [0.15, 0.2) is 6.61 Å². The molecule has 128 valence electrons. The van der Waals surface area contributed by atoms with Gasteiger partial charge in [-0.2, -0.15) is 0 Å². The maximum atomic E-state index is 11.8. The number of carbonyl (C=O) groups excluding carboxylic acids is 3. The highest BCUT2D eigenvalue weighted by molar-refractivity contribution is 6.05. The quantitative estimate of drug-likeness (QED) is 0.644. The van der Waals surface area contributed by atoms with Crippen LogP contribution in [0.5, 0.6) is 5.75 Å². The zero-order chi connectivity index (χ0) is 18.1. The number of methoxy groups -OCH3 is 1. The molecule has 6 heteroatoms. The Hall–Kier alpha value is -3.41. The van der Waals surface area contributed by atoms with Gasteiger partial charge < -0.3 is 9.47 Å². The van der Waals surface area contributed by atoms with Crippen LogP contribution < -0.4 is 10.1 Å². The molecule has 0 aliphatic rings. The normalized spacial score (nSPS) is 10.3. The number of esters is 1. The molecule has 0 aliphatic carbocycles. The Kier molecular flexibility index (Phi) is 6.47. The number of amides is 2. The van der Waals surface area contributed by atoms with E-state index in [0.717, 1.165) is 5.56 Å². The summed E-state index contributed by atoms with van der Waals surface area (Å²) in [7, 11) is 1.57. The molecule has 0 heterocycles. The van der Waals surface area contributed by atoms with Crippen molar-refractivity contribution in [1.82, 2.24) is 5.32 Å². The first-order valence-electron chi connectivity index (χ1n) is 7.46. The molecule has 6 nitrogen and oxygen atoms in total. The number of rotatable bonds is 6. The zero-order valence-electron chi connectivity index (χ0n) is 13.6. The van der Waals surface area contributed by atoms with Crippen LogP contribution in [0.15, 0.2) is 60.7 Å².